The quantitative estimate of drug-likeness (QED) is 0.666. The fourth-order valence-corrected chi connectivity index (χ4v) is 1.06. The van der Waals surface area contributed by atoms with Gasteiger partial charge < -0.3 is 9.73 Å². The second-order valence-electron chi connectivity index (χ2n) is 2.72. The third-order valence-corrected chi connectivity index (χ3v) is 1.65. The molecule has 0 aromatic carbocycles. The zero-order valence-corrected chi connectivity index (χ0v) is 7.18. The molecule has 62 valence electrons. The van der Waals surface area contributed by atoms with Gasteiger partial charge in [0, 0.05) is 6.42 Å². The minimum Gasteiger partial charge on any atom is -0.466 e. The van der Waals surface area contributed by atoms with Gasteiger partial charge in [0.2, 0.25) is 0 Å². The molecule has 0 radical (unpaired) electrons. The van der Waals surface area contributed by atoms with Gasteiger partial charge in [-0.3, -0.25) is 0 Å². The highest BCUT2D eigenvalue weighted by Gasteiger charge is 1.96. The Labute approximate surface area is 67.6 Å². The van der Waals surface area contributed by atoms with Crippen LogP contribution in [-0.2, 0) is 6.42 Å². The summed E-state index contributed by atoms with van der Waals surface area (Å²) in [7, 11) is 1.97. The smallest absolute Gasteiger partial charge is 0.104 e. The Bertz CT molecular complexity index is 205. The molecule has 1 aromatic rings. The second-order valence-corrected chi connectivity index (χ2v) is 2.72. The lowest BCUT2D eigenvalue weighted by Crippen LogP contribution is -2.07. The Morgan fingerprint density at radius 3 is 2.82 bits per heavy atom. The van der Waals surface area contributed by atoms with E-state index in [9.17, 15) is 0 Å². The summed E-state index contributed by atoms with van der Waals surface area (Å²) in [6, 6.07) is 4.06. The van der Waals surface area contributed by atoms with Crippen molar-refractivity contribution in [1.29, 1.82) is 0 Å². The summed E-state index contributed by atoms with van der Waals surface area (Å²) in [5.74, 6) is 2.10. The Kier molecular flexibility index (Phi) is 3.17. The van der Waals surface area contributed by atoms with Crippen molar-refractivity contribution in [2.75, 3.05) is 13.6 Å². The second kappa shape index (κ2) is 4.19. The first-order chi connectivity index (χ1) is 5.33. The maximum absolute atomic E-state index is 5.40. The minimum atomic E-state index is 1.00. The van der Waals surface area contributed by atoms with E-state index in [0.29, 0.717) is 0 Å². The van der Waals surface area contributed by atoms with Crippen molar-refractivity contribution >= 4 is 0 Å². The SMILES string of the molecule is CNCCCc1ccc(C)o1. The molecule has 0 unspecified atom stereocenters. The molecule has 0 spiro atoms. The third kappa shape index (κ3) is 2.76. The van der Waals surface area contributed by atoms with Crippen molar-refractivity contribution in [3.63, 3.8) is 0 Å². The molecule has 0 aliphatic carbocycles. The maximum Gasteiger partial charge on any atom is 0.104 e. The van der Waals surface area contributed by atoms with Gasteiger partial charge in [-0.1, -0.05) is 0 Å². The molecule has 1 rings (SSSR count). The first-order valence-corrected chi connectivity index (χ1v) is 4.03. The average Bonchev–Trinajstić information content (AvgIpc) is 2.37. The van der Waals surface area contributed by atoms with Crippen molar-refractivity contribution in [3.05, 3.63) is 23.7 Å². The topological polar surface area (TPSA) is 25.2 Å². The summed E-state index contributed by atoms with van der Waals surface area (Å²) in [5, 5.41) is 3.10. The van der Waals surface area contributed by atoms with Gasteiger partial charge in [0.25, 0.3) is 0 Å². The molecule has 1 heterocycles. The molecule has 0 aliphatic rings. The van der Waals surface area contributed by atoms with Crippen molar-refractivity contribution < 1.29 is 4.42 Å². The van der Waals surface area contributed by atoms with Gasteiger partial charge in [0.1, 0.15) is 11.5 Å². The van der Waals surface area contributed by atoms with E-state index in [1.54, 1.807) is 0 Å². The van der Waals surface area contributed by atoms with Crippen LogP contribution in [-0.4, -0.2) is 13.6 Å². The molecule has 0 saturated carbocycles. The van der Waals surface area contributed by atoms with E-state index in [0.717, 1.165) is 30.9 Å². The number of hydrogen-bond donors (Lipinski definition) is 1. The van der Waals surface area contributed by atoms with E-state index in [4.69, 9.17) is 4.42 Å². The van der Waals surface area contributed by atoms with Crippen LogP contribution in [0.5, 0.6) is 0 Å². The van der Waals surface area contributed by atoms with E-state index in [1.165, 1.54) is 0 Å². The number of furan rings is 1. The monoisotopic (exact) mass is 153 g/mol. The van der Waals surface area contributed by atoms with Crippen LogP contribution in [0.2, 0.25) is 0 Å². The summed E-state index contributed by atoms with van der Waals surface area (Å²) >= 11 is 0. The highest BCUT2D eigenvalue weighted by Crippen LogP contribution is 2.07. The Balaban J connectivity index is 2.27. The highest BCUT2D eigenvalue weighted by molar-refractivity contribution is 5.05. The van der Waals surface area contributed by atoms with E-state index in [-0.39, 0.29) is 0 Å². The molecule has 0 saturated heterocycles. The summed E-state index contributed by atoms with van der Waals surface area (Å²) in [6.45, 7) is 3.03. The molecule has 11 heavy (non-hydrogen) atoms. The Morgan fingerprint density at radius 1 is 1.45 bits per heavy atom. The molecule has 0 amide bonds. The minimum absolute atomic E-state index is 1.00. The molecule has 0 atom stereocenters. The average molecular weight is 153 g/mol. The van der Waals surface area contributed by atoms with Gasteiger partial charge in [0.05, 0.1) is 0 Å². The maximum atomic E-state index is 5.40. The Hall–Kier alpha value is -0.760. The van der Waals surface area contributed by atoms with Gasteiger partial charge in [-0.25, -0.2) is 0 Å². The zero-order valence-electron chi connectivity index (χ0n) is 7.18. The van der Waals surface area contributed by atoms with Crippen molar-refractivity contribution in [2.24, 2.45) is 0 Å². The van der Waals surface area contributed by atoms with E-state index < -0.39 is 0 Å². The van der Waals surface area contributed by atoms with Crippen LogP contribution in [0.1, 0.15) is 17.9 Å². The summed E-state index contributed by atoms with van der Waals surface area (Å²) < 4.78 is 5.40. The fourth-order valence-electron chi connectivity index (χ4n) is 1.06. The van der Waals surface area contributed by atoms with Crippen LogP contribution in [0, 0.1) is 6.92 Å². The molecule has 0 aliphatic heterocycles. The Morgan fingerprint density at radius 2 is 2.27 bits per heavy atom. The van der Waals surface area contributed by atoms with Crippen molar-refractivity contribution in [3.8, 4) is 0 Å². The third-order valence-electron chi connectivity index (χ3n) is 1.65. The zero-order chi connectivity index (χ0) is 8.10. The van der Waals surface area contributed by atoms with Gasteiger partial charge in [-0.05, 0) is 39.1 Å². The standard InChI is InChI=1S/C9H15NO/c1-8-5-6-9(11-8)4-3-7-10-2/h5-6,10H,3-4,7H2,1-2H3. The predicted molar refractivity (Wildman–Crippen MR) is 45.7 cm³/mol. The first-order valence-electron chi connectivity index (χ1n) is 4.03. The van der Waals surface area contributed by atoms with Gasteiger partial charge in [-0.15, -0.1) is 0 Å². The van der Waals surface area contributed by atoms with Crippen LogP contribution >= 0.6 is 0 Å². The highest BCUT2D eigenvalue weighted by atomic mass is 16.3. The van der Waals surface area contributed by atoms with Crippen molar-refractivity contribution in [2.45, 2.75) is 19.8 Å². The molecule has 0 bridgehead atoms. The van der Waals surface area contributed by atoms with Crippen LogP contribution in [0.25, 0.3) is 0 Å². The van der Waals surface area contributed by atoms with Crippen LogP contribution in [0.3, 0.4) is 0 Å². The van der Waals surface area contributed by atoms with Gasteiger partial charge in [-0.2, -0.15) is 0 Å². The molecule has 0 fully saturated rings. The molecule has 2 heteroatoms. The summed E-state index contributed by atoms with van der Waals surface area (Å²) in [6.07, 6.45) is 2.18. The fraction of sp³-hybridized carbons (Fsp3) is 0.556. The lowest BCUT2D eigenvalue weighted by molar-refractivity contribution is 0.475. The molecule has 2 nitrogen and oxygen atoms in total. The number of nitrogens with one attached hydrogen (secondary N) is 1. The molecule has 1 N–H and O–H groups in total. The lowest BCUT2D eigenvalue weighted by Gasteiger charge is -1.95. The predicted octanol–water partition coefficient (Wildman–Crippen LogP) is 1.74. The largest absolute Gasteiger partial charge is 0.466 e. The molecular weight excluding hydrogens is 138 g/mol. The summed E-state index contributed by atoms with van der Waals surface area (Å²) in [5.41, 5.74) is 0. The normalized spacial score (nSPS) is 10.4. The van der Waals surface area contributed by atoms with Crippen molar-refractivity contribution in [1.82, 2.24) is 5.32 Å². The van der Waals surface area contributed by atoms with Crippen LogP contribution in [0.4, 0.5) is 0 Å². The van der Waals surface area contributed by atoms with Gasteiger partial charge >= 0.3 is 0 Å². The van der Waals surface area contributed by atoms with Crippen LogP contribution in [0.15, 0.2) is 16.5 Å². The van der Waals surface area contributed by atoms with E-state index in [1.807, 2.05) is 26.1 Å². The van der Waals surface area contributed by atoms with Gasteiger partial charge in [0.15, 0.2) is 0 Å². The number of hydrogen-bond acceptors (Lipinski definition) is 2. The number of rotatable bonds is 4. The van der Waals surface area contributed by atoms with Crippen LogP contribution < -0.4 is 5.32 Å². The number of aryl methyl sites for hydroxylation is 2. The molecule has 1 aromatic heterocycles. The van der Waals surface area contributed by atoms with E-state index >= 15 is 0 Å². The summed E-state index contributed by atoms with van der Waals surface area (Å²) in [4.78, 5) is 0. The molecular formula is C9H15NO. The van der Waals surface area contributed by atoms with E-state index in [2.05, 4.69) is 5.32 Å². The lowest BCUT2D eigenvalue weighted by atomic mass is 10.2. The first kappa shape index (κ1) is 8.34.